The lowest BCUT2D eigenvalue weighted by molar-refractivity contribution is 0.0951. The van der Waals surface area contributed by atoms with Crippen molar-refractivity contribution in [2.75, 3.05) is 12.4 Å². The number of alkyl halides is 1. The number of aromatic nitrogens is 2. The molecule has 6 heteroatoms. The molecule has 0 aromatic carbocycles. The summed E-state index contributed by atoms with van der Waals surface area (Å²) in [6.45, 7) is 2.69. The molecule has 0 aliphatic heterocycles. The van der Waals surface area contributed by atoms with Crippen molar-refractivity contribution >= 4 is 29.0 Å². The summed E-state index contributed by atoms with van der Waals surface area (Å²) in [6, 6.07) is 0. The Hall–Kier alpha value is -0.680. The number of carbonyl (C=O) groups excluding carboxylic acids is 1. The van der Waals surface area contributed by atoms with Crippen LogP contribution in [0.5, 0.6) is 0 Å². The lowest BCUT2D eigenvalue weighted by Gasteiger charge is -2.09. The van der Waals surface area contributed by atoms with Crippen molar-refractivity contribution in [3.05, 3.63) is 11.1 Å². The molecule has 1 unspecified atom stereocenters. The third-order valence-corrected chi connectivity index (χ3v) is 2.68. The van der Waals surface area contributed by atoms with Gasteiger partial charge >= 0.3 is 0 Å². The molecule has 1 rings (SSSR count). The van der Waals surface area contributed by atoms with Gasteiger partial charge in [0.1, 0.15) is 4.88 Å². The monoisotopic (exact) mass is 233 g/mol. The summed E-state index contributed by atoms with van der Waals surface area (Å²) in [4.78, 5) is 11.9. The Balaban J connectivity index is 2.28. The fourth-order valence-electron chi connectivity index (χ4n) is 0.910. The highest BCUT2D eigenvalue weighted by molar-refractivity contribution is 7.07. The molecule has 1 aromatic rings. The normalized spacial score (nSPS) is 12.4. The zero-order chi connectivity index (χ0) is 10.4. The van der Waals surface area contributed by atoms with Crippen LogP contribution >= 0.6 is 23.1 Å². The molecule has 1 atom stereocenters. The molecular formula is C8H12ClN3OS. The summed E-state index contributed by atoms with van der Waals surface area (Å²) >= 11 is 6.68. The molecule has 0 bridgehead atoms. The van der Waals surface area contributed by atoms with Crippen LogP contribution in [0.4, 0.5) is 0 Å². The summed E-state index contributed by atoms with van der Waals surface area (Å²) in [6.07, 6.45) is 2.37. The van der Waals surface area contributed by atoms with Gasteiger partial charge in [0.05, 0.1) is 6.20 Å². The van der Waals surface area contributed by atoms with Gasteiger partial charge in [-0.1, -0.05) is 11.4 Å². The second kappa shape index (κ2) is 5.93. The maximum absolute atomic E-state index is 11.4. The van der Waals surface area contributed by atoms with Crippen molar-refractivity contribution < 1.29 is 4.79 Å². The topological polar surface area (TPSA) is 54.9 Å². The lowest BCUT2D eigenvalue weighted by atomic mass is 10.1. The van der Waals surface area contributed by atoms with Crippen molar-refractivity contribution in [1.29, 1.82) is 0 Å². The molecule has 14 heavy (non-hydrogen) atoms. The molecule has 0 saturated carbocycles. The molecule has 1 heterocycles. The molecule has 0 radical (unpaired) electrons. The van der Waals surface area contributed by atoms with Gasteiger partial charge in [-0.2, -0.15) is 0 Å². The van der Waals surface area contributed by atoms with Gasteiger partial charge in [-0.15, -0.1) is 16.7 Å². The van der Waals surface area contributed by atoms with E-state index in [2.05, 4.69) is 14.9 Å². The minimum atomic E-state index is -0.110. The Labute approximate surface area is 91.8 Å². The number of hydrogen-bond donors (Lipinski definition) is 1. The van der Waals surface area contributed by atoms with E-state index in [0.717, 1.165) is 18.0 Å². The molecule has 1 N–H and O–H groups in total. The third-order valence-electron chi connectivity index (χ3n) is 1.80. The van der Waals surface area contributed by atoms with E-state index in [1.54, 1.807) is 0 Å². The number of hydrogen-bond acceptors (Lipinski definition) is 4. The standard InChI is InChI=1S/C8H12ClN3OS/c1-6(2-3-9)4-10-8(13)7-5-11-12-14-7/h5-6H,2-4H2,1H3,(H,10,13). The fraction of sp³-hybridized carbons (Fsp3) is 0.625. The first-order chi connectivity index (χ1) is 6.74. The smallest absolute Gasteiger partial charge is 0.264 e. The highest BCUT2D eigenvalue weighted by atomic mass is 35.5. The summed E-state index contributed by atoms with van der Waals surface area (Å²) in [5.74, 6) is 0.915. The highest BCUT2D eigenvalue weighted by Gasteiger charge is 2.09. The Kier molecular flexibility index (Phi) is 4.82. The molecule has 0 spiro atoms. The third kappa shape index (κ3) is 3.59. The molecule has 0 fully saturated rings. The van der Waals surface area contributed by atoms with Gasteiger partial charge in [0, 0.05) is 12.4 Å². The average Bonchev–Trinajstić information content (AvgIpc) is 2.67. The molecule has 1 aromatic heterocycles. The van der Waals surface area contributed by atoms with E-state index in [-0.39, 0.29) is 5.91 Å². The van der Waals surface area contributed by atoms with Crippen LogP contribution in [0.2, 0.25) is 0 Å². The van der Waals surface area contributed by atoms with E-state index in [9.17, 15) is 4.79 Å². The van der Waals surface area contributed by atoms with Gasteiger partial charge in [-0.3, -0.25) is 4.79 Å². The van der Waals surface area contributed by atoms with Gasteiger partial charge in [0.25, 0.3) is 5.91 Å². The van der Waals surface area contributed by atoms with Crippen LogP contribution in [0.15, 0.2) is 6.20 Å². The Morgan fingerprint density at radius 2 is 2.57 bits per heavy atom. The van der Waals surface area contributed by atoms with Crippen molar-refractivity contribution in [3.63, 3.8) is 0 Å². The summed E-state index contributed by atoms with van der Waals surface area (Å²) in [5, 5.41) is 6.40. The fourth-order valence-corrected chi connectivity index (χ4v) is 1.71. The quantitative estimate of drug-likeness (QED) is 0.785. The highest BCUT2D eigenvalue weighted by Crippen LogP contribution is 2.04. The lowest BCUT2D eigenvalue weighted by Crippen LogP contribution is -2.27. The number of rotatable bonds is 5. The molecule has 1 amide bonds. The van der Waals surface area contributed by atoms with Crippen molar-refractivity contribution in [2.24, 2.45) is 5.92 Å². The molecule has 4 nitrogen and oxygen atoms in total. The van der Waals surface area contributed by atoms with E-state index >= 15 is 0 Å². The maximum Gasteiger partial charge on any atom is 0.264 e. The maximum atomic E-state index is 11.4. The Morgan fingerprint density at radius 3 is 3.14 bits per heavy atom. The van der Waals surface area contributed by atoms with Crippen LogP contribution in [0, 0.1) is 5.92 Å². The van der Waals surface area contributed by atoms with Crippen LogP contribution in [-0.2, 0) is 0 Å². The Bertz CT molecular complexity index is 278. The van der Waals surface area contributed by atoms with Crippen LogP contribution in [0.3, 0.4) is 0 Å². The zero-order valence-electron chi connectivity index (χ0n) is 7.86. The predicted octanol–water partition coefficient (Wildman–Crippen LogP) is 1.53. The van der Waals surface area contributed by atoms with Gasteiger partial charge in [0.2, 0.25) is 0 Å². The number of nitrogens with one attached hydrogen (secondary N) is 1. The van der Waals surface area contributed by atoms with E-state index < -0.39 is 0 Å². The molecule has 78 valence electrons. The van der Waals surface area contributed by atoms with Crippen LogP contribution in [0.1, 0.15) is 23.0 Å². The average molecular weight is 234 g/mol. The number of amides is 1. The second-order valence-electron chi connectivity index (χ2n) is 3.07. The number of halogens is 1. The van der Waals surface area contributed by atoms with E-state index in [4.69, 9.17) is 11.6 Å². The largest absolute Gasteiger partial charge is 0.351 e. The molecular weight excluding hydrogens is 222 g/mol. The number of carbonyl (C=O) groups is 1. The summed E-state index contributed by atoms with van der Waals surface area (Å²) in [7, 11) is 0. The van der Waals surface area contributed by atoms with Crippen molar-refractivity contribution in [1.82, 2.24) is 14.9 Å². The molecule has 0 aliphatic carbocycles. The number of nitrogens with zero attached hydrogens (tertiary/aromatic N) is 2. The zero-order valence-corrected chi connectivity index (χ0v) is 9.44. The van der Waals surface area contributed by atoms with Gasteiger partial charge in [0.15, 0.2) is 0 Å². The van der Waals surface area contributed by atoms with Crippen LogP contribution in [-0.4, -0.2) is 27.9 Å². The minimum absolute atomic E-state index is 0.110. The predicted molar refractivity (Wildman–Crippen MR) is 56.7 cm³/mol. The van der Waals surface area contributed by atoms with Gasteiger partial charge in [-0.05, 0) is 23.9 Å². The van der Waals surface area contributed by atoms with E-state index in [0.29, 0.717) is 23.2 Å². The van der Waals surface area contributed by atoms with Gasteiger partial charge < -0.3 is 5.32 Å². The second-order valence-corrected chi connectivity index (χ2v) is 4.24. The van der Waals surface area contributed by atoms with Crippen LogP contribution in [0.25, 0.3) is 0 Å². The summed E-state index contributed by atoms with van der Waals surface area (Å²) in [5.41, 5.74) is 0. The first-order valence-electron chi connectivity index (χ1n) is 4.35. The Morgan fingerprint density at radius 1 is 1.79 bits per heavy atom. The summed E-state index contributed by atoms with van der Waals surface area (Å²) < 4.78 is 3.62. The molecule has 0 aliphatic rings. The molecule has 0 saturated heterocycles. The minimum Gasteiger partial charge on any atom is -0.351 e. The van der Waals surface area contributed by atoms with E-state index in [1.165, 1.54) is 6.20 Å². The van der Waals surface area contributed by atoms with Gasteiger partial charge in [-0.25, -0.2) is 0 Å². The first kappa shape index (κ1) is 11.4. The first-order valence-corrected chi connectivity index (χ1v) is 5.66. The van der Waals surface area contributed by atoms with Crippen molar-refractivity contribution in [3.8, 4) is 0 Å². The van der Waals surface area contributed by atoms with Crippen LogP contribution < -0.4 is 5.32 Å². The van der Waals surface area contributed by atoms with Crippen molar-refractivity contribution in [2.45, 2.75) is 13.3 Å². The SMILES string of the molecule is CC(CCCl)CNC(=O)c1cnns1. The van der Waals surface area contributed by atoms with E-state index in [1.807, 2.05) is 6.92 Å².